The molecule has 150 valence electrons. The van der Waals surface area contributed by atoms with E-state index in [1.165, 1.54) is 4.90 Å². The molecular formula is C19H22F2N4O3. The first kappa shape index (κ1) is 18.9. The lowest BCUT2D eigenvalue weighted by Crippen LogP contribution is -2.52. The van der Waals surface area contributed by atoms with E-state index in [9.17, 15) is 23.2 Å². The summed E-state index contributed by atoms with van der Waals surface area (Å²) >= 11 is 0. The first-order chi connectivity index (χ1) is 13.4. The van der Waals surface area contributed by atoms with E-state index in [4.69, 9.17) is 0 Å². The molecule has 1 aromatic rings. The van der Waals surface area contributed by atoms with Gasteiger partial charge in [-0.2, -0.15) is 0 Å². The van der Waals surface area contributed by atoms with Crippen LogP contribution in [0.2, 0.25) is 0 Å². The lowest BCUT2D eigenvalue weighted by Gasteiger charge is -2.29. The Labute approximate surface area is 160 Å². The molecule has 0 aromatic heterocycles. The zero-order valence-corrected chi connectivity index (χ0v) is 15.3. The fourth-order valence-corrected chi connectivity index (χ4v) is 4.12. The van der Waals surface area contributed by atoms with Gasteiger partial charge < -0.3 is 15.5 Å². The molecule has 2 saturated heterocycles. The van der Waals surface area contributed by atoms with Crippen molar-refractivity contribution in [2.45, 2.75) is 50.4 Å². The maximum absolute atomic E-state index is 13.5. The number of hydrogen-bond acceptors (Lipinski definition) is 5. The Balaban J connectivity index is 1.47. The number of halogens is 2. The van der Waals surface area contributed by atoms with Gasteiger partial charge in [0.25, 0.3) is 12.3 Å². The molecule has 2 unspecified atom stereocenters. The van der Waals surface area contributed by atoms with Gasteiger partial charge >= 0.3 is 0 Å². The molecule has 0 bridgehead atoms. The molecule has 0 radical (unpaired) electrons. The van der Waals surface area contributed by atoms with E-state index in [0.29, 0.717) is 31.5 Å². The Hall–Kier alpha value is -2.39. The fraction of sp³-hybridized carbons (Fsp3) is 0.526. The van der Waals surface area contributed by atoms with E-state index in [2.05, 4.69) is 16.0 Å². The predicted octanol–water partition coefficient (Wildman–Crippen LogP) is 0.534. The van der Waals surface area contributed by atoms with E-state index in [-0.39, 0.29) is 31.3 Å². The highest BCUT2D eigenvalue weighted by molar-refractivity contribution is 6.05. The molecule has 2 atom stereocenters. The highest BCUT2D eigenvalue weighted by Crippen LogP contribution is 2.29. The van der Waals surface area contributed by atoms with Gasteiger partial charge in [0.2, 0.25) is 11.8 Å². The number of benzene rings is 1. The summed E-state index contributed by atoms with van der Waals surface area (Å²) in [4.78, 5) is 37.7. The van der Waals surface area contributed by atoms with Crippen molar-refractivity contribution in [2.24, 2.45) is 0 Å². The number of amides is 3. The van der Waals surface area contributed by atoms with Crippen molar-refractivity contribution in [3.63, 3.8) is 0 Å². The third kappa shape index (κ3) is 3.29. The molecule has 3 N–H and O–H groups in total. The molecule has 3 amide bonds. The molecule has 0 saturated carbocycles. The van der Waals surface area contributed by atoms with E-state index in [1.54, 1.807) is 12.1 Å². The average molecular weight is 392 g/mol. The molecule has 0 aliphatic carbocycles. The van der Waals surface area contributed by atoms with Crippen LogP contribution in [0.25, 0.3) is 0 Å². The number of fused-ring (bicyclic) bond motifs is 1. The van der Waals surface area contributed by atoms with Crippen molar-refractivity contribution in [1.82, 2.24) is 20.9 Å². The number of piperidine rings is 1. The highest BCUT2D eigenvalue weighted by Gasteiger charge is 2.42. The Morgan fingerprint density at radius 2 is 2.11 bits per heavy atom. The quantitative estimate of drug-likeness (QED) is 0.637. The van der Waals surface area contributed by atoms with Crippen LogP contribution in [0.5, 0.6) is 0 Å². The normalized spacial score (nSPS) is 27.5. The average Bonchev–Trinajstić information content (AvgIpc) is 3.26. The SMILES string of the molecule is O=C1CCC(N2Cc3ccc(CNC4(C(F)F)CCNC4)cc3C2=O)C(=O)N1. The van der Waals surface area contributed by atoms with E-state index >= 15 is 0 Å². The Bertz CT molecular complexity index is 823. The first-order valence-corrected chi connectivity index (χ1v) is 9.40. The summed E-state index contributed by atoms with van der Waals surface area (Å²) in [5.41, 5.74) is 0.773. The number of imide groups is 1. The number of carbonyl (C=O) groups is 3. The second kappa shape index (κ2) is 7.21. The van der Waals surface area contributed by atoms with Gasteiger partial charge in [-0.15, -0.1) is 0 Å². The van der Waals surface area contributed by atoms with Crippen LogP contribution in [-0.2, 0) is 22.7 Å². The van der Waals surface area contributed by atoms with Gasteiger partial charge in [-0.1, -0.05) is 12.1 Å². The van der Waals surface area contributed by atoms with Crippen molar-refractivity contribution < 1.29 is 23.2 Å². The van der Waals surface area contributed by atoms with Crippen LogP contribution < -0.4 is 16.0 Å². The molecular weight excluding hydrogens is 370 g/mol. The maximum atomic E-state index is 13.5. The second-order valence-corrected chi connectivity index (χ2v) is 7.63. The van der Waals surface area contributed by atoms with Crippen molar-refractivity contribution in [2.75, 3.05) is 13.1 Å². The third-order valence-corrected chi connectivity index (χ3v) is 5.84. The molecule has 1 aromatic carbocycles. The Kier molecular flexibility index (Phi) is 4.88. The number of nitrogens with zero attached hydrogens (tertiary/aromatic N) is 1. The second-order valence-electron chi connectivity index (χ2n) is 7.63. The van der Waals surface area contributed by atoms with Crippen molar-refractivity contribution in [1.29, 1.82) is 0 Å². The number of nitrogens with one attached hydrogen (secondary N) is 3. The van der Waals surface area contributed by atoms with Gasteiger partial charge in [-0.05, 0) is 36.6 Å². The molecule has 9 heteroatoms. The van der Waals surface area contributed by atoms with Crippen LogP contribution in [-0.4, -0.2) is 53.7 Å². The van der Waals surface area contributed by atoms with Crippen molar-refractivity contribution >= 4 is 17.7 Å². The predicted molar refractivity (Wildman–Crippen MR) is 95.5 cm³/mol. The largest absolute Gasteiger partial charge is 0.322 e. The van der Waals surface area contributed by atoms with Crippen LogP contribution in [0, 0.1) is 0 Å². The smallest absolute Gasteiger partial charge is 0.257 e. The molecule has 28 heavy (non-hydrogen) atoms. The summed E-state index contributed by atoms with van der Waals surface area (Å²) in [7, 11) is 0. The van der Waals surface area contributed by atoms with Crippen LogP contribution >= 0.6 is 0 Å². The zero-order valence-electron chi connectivity index (χ0n) is 15.3. The lowest BCUT2D eigenvalue weighted by atomic mass is 9.98. The van der Waals surface area contributed by atoms with Gasteiger partial charge in [-0.3, -0.25) is 19.7 Å². The standard InChI is InChI=1S/C19H22F2N4O3/c20-18(21)19(5-6-22-10-19)23-8-11-1-2-12-9-25(17(28)13(12)7-11)14-3-4-15(26)24-16(14)27/h1-2,7,14,18,22-23H,3-6,8-10H2,(H,24,26,27). The molecule has 3 aliphatic rings. The minimum Gasteiger partial charge on any atom is -0.322 e. The molecule has 3 aliphatic heterocycles. The molecule has 2 fully saturated rings. The van der Waals surface area contributed by atoms with Gasteiger partial charge in [-0.25, -0.2) is 8.78 Å². The maximum Gasteiger partial charge on any atom is 0.257 e. The monoisotopic (exact) mass is 392 g/mol. The number of alkyl halides is 2. The Morgan fingerprint density at radius 3 is 2.79 bits per heavy atom. The van der Waals surface area contributed by atoms with Crippen LogP contribution in [0.15, 0.2) is 18.2 Å². The molecule has 4 rings (SSSR count). The summed E-state index contributed by atoms with van der Waals surface area (Å²) in [5.74, 6) is -1.04. The van der Waals surface area contributed by atoms with E-state index in [1.807, 2.05) is 6.07 Å². The van der Waals surface area contributed by atoms with Gasteiger partial charge in [0.15, 0.2) is 0 Å². The van der Waals surface area contributed by atoms with E-state index < -0.39 is 23.9 Å². The number of hydrogen-bond donors (Lipinski definition) is 3. The van der Waals surface area contributed by atoms with E-state index in [0.717, 1.165) is 11.1 Å². The highest BCUT2D eigenvalue weighted by atomic mass is 19.3. The number of rotatable bonds is 5. The summed E-state index contributed by atoms with van der Waals surface area (Å²) in [5, 5.41) is 8.20. The number of carbonyl (C=O) groups excluding carboxylic acids is 3. The minimum atomic E-state index is -2.48. The molecule has 3 heterocycles. The Morgan fingerprint density at radius 1 is 1.29 bits per heavy atom. The fourth-order valence-electron chi connectivity index (χ4n) is 4.12. The molecule has 0 spiro atoms. The summed E-state index contributed by atoms with van der Waals surface area (Å²) < 4.78 is 27.0. The van der Waals surface area contributed by atoms with Crippen LogP contribution in [0.3, 0.4) is 0 Å². The van der Waals surface area contributed by atoms with Crippen molar-refractivity contribution in [3.8, 4) is 0 Å². The van der Waals surface area contributed by atoms with Crippen LogP contribution in [0.1, 0.15) is 40.7 Å². The summed E-state index contributed by atoms with van der Waals surface area (Å²) in [6.07, 6.45) is -1.63. The zero-order chi connectivity index (χ0) is 19.9. The van der Waals surface area contributed by atoms with Gasteiger partial charge in [0, 0.05) is 31.6 Å². The van der Waals surface area contributed by atoms with Gasteiger partial charge in [0.1, 0.15) is 6.04 Å². The topological polar surface area (TPSA) is 90.5 Å². The molecule has 7 nitrogen and oxygen atoms in total. The third-order valence-electron chi connectivity index (χ3n) is 5.84. The summed E-state index contributed by atoms with van der Waals surface area (Å²) in [6, 6.07) is 4.66. The summed E-state index contributed by atoms with van der Waals surface area (Å²) in [6.45, 7) is 1.28. The lowest BCUT2D eigenvalue weighted by molar-refractivity contribution is -0.136. The van der Waals surface area contributed by atoms with Crippen molar-refractivity contribution in [3.05, 3.63) is 34.9 Å². The van der Waals surface area contributed by atoms with Crippen LogP contribution in [0.4, 0.5) is 8.78 Å². The van der Waals surface area contributed by atoms with Gasteiger partial charge in [0.05, 0.1) is 5.54 Å². The minimum absolute atomic E-state index is 0.204. The first-order valence-electron chi connectivity index (χ1n) is 9.40.